The van der Waals surface area contributed by atoms with Gasteiger partial charge in [-0.25, -0.2) is 14.8 Å². The molecule has 0 radical (unpaired) electrons. The second-order valence-corrected chi connectivity index (χ2v) is 6.44. The molecule has 106 valence electrons. The SMILES string of the molecule is Cc1nc(COC(=O)/C=C/c2nc3ccccc3s2)cs1. The summed E-state index contributed by atoms with van der Waals surface area (Å²) < 4.78 is 6.23. The van der Waals surface area contributed by atoms with Crippen LogP contribution in [0.5, 0.6) is 0 Å². The number of rotatable bonds is 4. The van der Waals surface area contributed by atoms with Gasteiger partial charge >= 0.3 is 5.97 Å². The van der Waals surface area contributed by atoms with E-state index in [1.807, 2.05) is 36.6 Å². The van der Waals surface area contributed by atoms with E-state index in [4.69, 9.17) is 4.74 Å². The number of thiazole rings is 2. The van der Waals surface area contributed by atoms with Crippen LogP contribution in [-0.4, -0.2) is 15.9 Å². The fourth-order valence-electron chi connectivity index (χ4n) is 1.77. The standard InChI is InChI=1S/C15H12N2O2S2/c1-10-16-11(9-20-10)8-19-15(18)7-6-14-17-12-4-2-3-5-13(12)21-14/h2-7,9H,8H2,1H3/b7-6+. The molecule has 4 nitrogen and oxygen atoms in total. The Morgan fingerprint density at radius 2 is 2.19 bits per heavy atom. The van der Waals surface area contributed by atoms with Crippen LogP contribution in [0, 0.1) is 6.92 Å². The topological polar surface area (TPSA) is 52.1 Å². The highest BCUT2D eigenvalue weighted by Crippen LogP contribution is 2.22. The van der Waals surface area contributed by atoms with Crippen molar-refractivity contribution >= 4 is 44.9 Å². The first-order valence-corrected chi connectivity index (χ1v) is 8.02. The molecular weight excluding hydrogens is 304 g/mol. The van der Waals surface area contributed by atoms with Gasteiger partial charge in [0.05, 0.1) is 20.9 Å². The fourth-order valence-corrected chi connectivity index (χ4v) is 3.24. The zero-order chi connectivity index (χ0) is 14.7. The van der Waals surface area contributed by atoms with E-state index in [1.54, 1.807) is 17.4 Å². The van der Waals surface area contributed by atoms with E-state index in [1.165, 1.54) is 17.4 Å². The first-order chi connectivity index (χ1) is 10.2. The smallest absolute Gasteiger partial charge is 0.331 e. The second kappa shape index (κ2) is 6.15. The lowest BCUT2D eigenvalue weighted by molar-refractivity contribution is -0.139. The number of ether oxygens (including phenoxy) is 1. The van der Waals surface area contributed by atoms with Crippen LogP contribution < -0.4 is 0 Å². The number of aromatic nitrogens is 2. The third-order valence-corrected chi connectivity index (χ3v) is 4.53. The highest BCUT2D eigenvalue weighted by Gasteiger charge is 2.03. The minimum absolute atomic E-state index is 0.202. The van der Waals surface area contributed by atoms with Crippen molar-refractivity contribution in [3.05, 3.63) is 51.4 Å². The molecule has 0 atom stereocenters. The number of esters is 1. The van der Waals surface area contributed by atoms with Crippen molar-refractivity contribution in [1.29, 1.82) is 0 Å². The Balaban J connectivity index is 1.61. The van der Waals surface area contributed by atoms with E-state index in [9.17, 15) is 4.79 Å². The maximum absolute atomic E-state index is 11.7. The molecule has 3 rings (SSSR count). The lowest BCUT2D eigenvalue weighted by atomic mass is 10.3. The van der Waals surface area contributed by atoms with Gasteiger partial charge in [-0.1, -0.05) is 12.1 Å². The molecule has 0 unspecified atom stereocenters. The molecule has 21 heavy (non-hydrogen) atoms. The molecule has 2 heterocycles. The molecule has 0 spiro atoms. The molecule has 0 bridgehead atoms. The number of aryl methyl sites for hydroxylation is 1. The molecule has 3 aromatic rings. The molecule has 0 fully saturated rings. The fraction of sp³-hybridized carbons (Fsp3) is 0.133. The average molecular weight is 316 g/mol. The van der Waals surface area contributed by atoms with Crippen LogP contribution in [-0.2, 0) is 16.1 Å². The maximum Gasteiger partial charge on any atom is 0.331 e. The highest BCUT2D eigenvalue weighted by molar-refractivity contribution is 7.19. The number of hydrogen-bond acceptors (Lipinski definition) is 6. The molecule has 0 amide bonds. The Hall–Kier alpha value is -2.05. The summed E-state index contributed by atoms with van der Waals surface area (Å²) in [6, 6.07) is 7.87. The third kappa shape index (κ3) is 3.53. The molecule has 6 heteroatoms. The predicted molar refractivity (Wildman–Crippen MR) is 85.3 cm³/mol. The summed E-state index contributed by atoms with van der Waals surface area (Å²) in [4.78, 5) is 20.3. The molecule has 2 aromatic heterocycles. The van der Waals surface area contributed by atoms with Crippen LogP contribution in [0.4, 0.5) is 0 Å². The summed E-state index contributed by atoms with van der Waals surface area (Å²) in [6.45, 7) is 2.12. The van der Waals surface area contributed by atoms with Gasteiger partial charge in [0, 0.05) is 11.5 Å². The van der Waals surface area contributed by atoms with Gasteiger partial charge in [-0.3, -0.25) is 0 Å². The zero-order valence-electron chi connectivity index (χ0n) is 11.3. The van der Waals surface area contributed by atoms with Crippen molar-refractivity contribution in [2.75, 3.05) is 0 Å². The van der Waals surface area contributed by atoms with Crippen LogP contribution in [0.2, 0.25) is 0 Å². The first-order valence-electron chi connectivity index (χ1n) is 6.32. The van der Waals surface area contributed by atoms with Crippen molar-refractivity contribution in [3.8, 4) is 0 Å². The molecule has 0 aliphatic rings. The average Bonchev–Trinajstić information content (AvgIpc) is 3.08. The highest BCUT2D eigenvalue weighted by atomic mass is 32.1. The second-order valence-electron chi connectivity index (χ2n) is 4.32. The summed E-state index contributed by atoms with van der Waals surface area (Å²) in [6.07, 6.45) is 3.08. The van der Waals surface area contributed by atoms with Gasteiger partial charge in [0.1, 0.15) is 11.6 Å². The van der Waals surface area contributed by atoms with Crippen LogP contribution in [0.3, 0.4) is 0 Å². The molecule has 0 saturated heterocycles. The van der Waals surface area contributed by atoms with E-state index in [0.717, 1.165) is 25.9 Å². The van der Waals surface area contributed by atoms with Crippen LogP contribution in [0.1, 0.15) is 15.7 Å². The Morgan fingerprint density at radius 1 is 1.33 bits per heavy atom. The lowest BCUT2D eigenvalue weighted by Crippen LogP contribution is -2.00. The minimum atomic E-state index is -0.389. The summed E-state index contributed by atoms with van der Waals surface area (Å²) in [7, 11) is 0. The van der Waals surface area contributed by atoms with Gasteiger partial charge in [0.2, 0.25) is 0 Å². The zero-order valence-corrected chi connectivity index (χ0v) is 12.9. The third-order valence-electron chi connectivity index (χ3n) is 2.70. The number of benzene rings is 1. The molecule has 0 aliphatic heterocycles. The Bertz CT molecular complexity index is 772. The van der Waals surface area contributed by atoms with Gasteiger partial charge in [0.15, 0.2) is 0 Å². The number of fused-ring (bicyclic) bond motifs is 1. The molecule has 0 saturated carbocycles. The summed E-state index contributed by atoms with van der Waals surface area (Å²) >= 11 is 3.08. The van der Waals surface area contributed by atoms with Gasteiger partial charge in [-0.05, 0) is 25.1 Å². The van der Waals surface area contributed by atoms with Crippen molar-refractivity contribution < 1.29 is 9.53 Å². The number of hydrogen-bond donors (Lipinski definition) is 0. The van der Waals surface area contributed by atoms with Crippen LogP contribution in [0.15, 0.2) is 35.7 Å². The molecule has 0 N–H and O–H groups in total. The predicted octanol–water partition coefficient (Wildman–Crippen LogP) is 3.82. The van der Waals surface area contributed by atoms with E-state index in [-0.39, 0.29) is 12.6 Å². The molecule has 1 aromatic carbocycles. The van der Waals surface area contributed by atoms with Gasteiger partial charge < -0.3 is 4.74 Å². The summed E-state index contributed by atoms with van der Waals surface area (Å²) in [5.41, 5.74) is 1.72. The van der Waals surface area contributed by atoms with E-state index in [2.05, 4.69) is 9.97 Å². The van der Waals surface area contributed by atoms with Gasteiger partial charge in [0.25, 0.3) is 0 Å². The quantitative estimate of drug-likeness (QED) is 0.542. The van der Waals surface area contributed by atoms with E-state index >= 15 is 0 Å². The number of para-hydroxylation sites is 1. The van der Waals surface area contributed by atoms with Crippen molar-refractivity contribution in [2.24, 2.45) is 0 Å². The van der Waals surface area contributed by atoms with Crippen molar-refractivity contribution in [2.45, 2.75) is 13.5 Å². The Kier molecular flexibility index (Phi) is 4.08. The molecule has 0 aliphatic carbocycles. The van der Waals surface area contributed by atoms with Crippen molar-refractivity contribution in [3.63, 3.8) is 0 Å². The maximum atomic E-state index is 11.7. The number of carbonyl (C=O) groups is 1. The summed E-state index contributed by atoms with van der Waals surface area (Å²) in [5, 5.41) is 3.64. The van der Waals surface area contributed by atoms with E-state index < -0.39 is 0 Å². The largest absolute Gasteiger partial charge is 0.456 e. The minimum Gasteiger partial charge on any atom is -0.456 e. The molecular formula is C15H12N2O2S2. The number of nitrogens with zero attached hydrogens (tertiary/aromatic N) is 2. The summed E-state index contributed by atoms with van der Waals surface area (Å²) in [5.74, 6) is -0.389. The van der Waals surface area contributed by atoms with Crippen molar-refractivity contribution in [1.82, 2.24) is 9.97 Å². The Morgan fingerprint density at radius 3 is 2.95 bits per heavy atom. The first kappa shape index (κ1) is 13.9. The van der Waals surface area contributed by atoms with Crippen LogP contribution in [0.25, 0.3) is 16.3 Å². The van der Waals surface area contributed by atoms with Gasteiger partial charge in [-0.15, -0.1) is 22.7 Å². The normalized spacial score (nSPS) is 11.3. The van der Waals surface area contributed by atoms with Gasteiger partial charge in [-0.2, -0.15) is 0 Å². The number of carbonyl (C=O) groups excluding carboxylic acids is 1. The lowest BCUT2D eigenvalue weighted by Gasteiger charge is -1.97. The van der Waals surface area contributed by atoms with E-state index in [0.29, 0.717) is 0 Å². The Labute approximate surface area is 129 Å². The van der Waals surface area contributed by atoms with Crippen LogP contribution >= 0.6 is 22.7 Å². The monoisotopic (exact) mass is 316 g/mol.